The highest BCUT2D eigenvalue weighted by Crippen LogP contribution is 2.45. The summed E-state index contributed by atoms with van der Waals surface area (Å²) in [7, 11) is -2.28. The highest BCUT2D eigenvalue weighted by atomic mass is 28.3. The first-order chi connectivity index (χ1) is 25.8. The minimum atomic E-state index is -2.28. The van der Waals surface area contributed by atoms with Gasteiger partial charge in [-0.15, -0.1) is 5.54 Å². The third-order valence-corrected chi connectivity index (χ3v) is 19.1. The summed E-state index contributed by atoms with van der Waals surface area (Å²) in [5, 5.41) is 12.2. The number of nitrogens with zero attached hydrogens (tertiary/aromatic N) is 5. The Morgan fingerprint density at radius 2 is 1.85 bits per heavy atom. The van der Waals surface area contributed by atoms with Gasteiger partial charge in [0.1, 0.15) is 49.4 Å². The van der Waals surface area contributed by atoms with Gasteiger partial charge in [-0.3, -0.25) is 9.88 Å². The Bertz CT molecular complexity index is 2150. The maximum atomic E-state index is 17.3. The number of rotatable bonds is 8. The number of hydrogen-bond donors (Lipinski definition) is 1. The lowest BCUT2D eigenvalue weighted by atomic mass is 9.95. The van der Waals surface area contributed by atoms with Crippen LogP contribution in [0.25, 0.3) is 32.9 Å². The zero-order valence-corrected chi connectivity index (χ0v) is 33.1. The molecule has 286 valence electrons. The summed E-state index contributed by atoms with van der Waals surface area (Å²) < 4.78 is 60.2. The summed E-state index contributed by atoms with van der Waals surface area (Å²) in [4.78, 5) is 18.5. The van der Waals surface area contributed by atoms with Gasteiger partial charge in [0, 0.05) is 48.6 Å². The van der Waals surface area contributed by atoms with Crippen LogP contribution in [0.4, 0.5) is 19.0 Å². The van der Waals surface area contributed by atoms with Gasteiger partial charge in [-0.05, 0) is 66.0 Å². The lowest BCUT2D eigenvalue weighted by Gasteiger charge is -2.38. The molecule has 54 heavy (non-hydrogen) atoms. The summed E-state index contributed by atoms with van der Waals surface area (Å²) >= 11 is 0. The number of fused-ring (bicyclic) bond motifs is 4. The Labute approximate surface area is 316 Å². The van der Waals surface area contributed by atoms with Gasteiger partial charge in [-0.1, -0.05) is 53.5 Å². The van der Waals surface area contributed by atoms with Gasteiger partial charge in [0.15, 0.2) is 5.82 Å². The average Bonchev–Trinajstić information content (AvgIpc) is 3.73. The van der Waals surface area contributed by atoms with Crippen molar-refractivity contribution in [3.8, 4) is 34.5 Å². The van der Waals surface area contributed by atoms with Crippen LogP contribution in [-0.4, -0.2) is 90.2 Å². The van der Waals surface area contributed by atoms with E-state index in [4.69, 9.17) is 14.5 Å². The second kappa shape index (κ2) is 14.0. The number of hydrogen-bond acceptors (Lipinski definition) is 8. The van der Waals surface area contributed by atoms with Crippen molar-refractivity contribution in [1.82, 2.24) is 19.9 Å². The average molecular weight is 758 g/mol. The molecule has 1 aliphatic carbocycles. The van der Waals surface area contributed by atoms with Crippen LogP contribution in [0.15, 0.2) is 30.5 Å². The van der Waals surface area contributed by atoms with Crippen molar-refractivity contribution < 1.29 is 27.8 Å². The summed E-state index contributed by atoms with van der Waals surface area (Å²) in [6.45, 7) is 16.3. The molecule has 2 aromatic carbocycles. The predicted molar refractivity (Wildman–Crippen MR) is 208 cm³/mol. The summed E-state index contributed by atoms with van der Waals surface area (Å²) in [6.07, 6.45) is 3.72. The largest absolute Gasteiger partial charge is 0.508 e. The van der Waals surface area contributed by atoms with Gasteiger partial charge in [0.2, 0.25) is 0 Å². The van der Waals surface area contributed by atoms with E-state index in [2.05, 4.69) is 72.8 Å². The molecule has 0 bridgehead atoms. The van der Waals surface area contributed by atoms with Gasteiger partial charge in [0.05, 0.1) is 29.7 Å². The lowest BCUT2D eigenvalue weighted by Crippen LogP contribution is -2.43. The van der Waals surface area contributed by atoms with Crippen molar-refractivity contribution >= 4 is 35.6 Å². The molecule has 0 amide bonds. The second-order valence-corrected chi connectivity index (χ2v) is 22.4. The molecule has 3 aliphatic heterocycles. The molecular formula is C42H50F3N5O3Si. The molecule has 4 atom stereocenters. The zero-order valence-electron chi connectivity index (χ0n) is 32.1. The van der Waals surface area contributed by atoms with Crippen LogP contribution in [0.2, 0.25) is 16.6 Å². The second-order valence-electron chi connectivity index (χ2n) is 16.9. The van der Waals surface area contributed by atoms with Crippen LogP contribution in [0.1, 0.15) is 72.8 Å². The predicted octanol–water partition coefficient (Wildman–Crippen LogP) is 8.58. The van der Waals surface area contributed by atoms with E-state index in [0.717, 1.165) is 25.8 Å². The fraction of sp³-hybridized carbons (Fsp3) is 0.548. The molecule has 8 nitrogen and oxygen atoms in total. The molecule has 0 spiro atoms. The zero-order chi connectivity index (χ0) is 38.1. The first-order valence-corrected chi connectivity index (χ1v) is 21.8. The van der Waals surface area contributed by atoms with Crippen LogP contribution >= 0.6 is 0 Å². The Hall–Kier alpha value is -3.92. The molecule has 12 heteroatoms. The van der Waals surface area contributed by atoms with E-state index in [1.165, 1.54) is 18.2 Å². The molecule has 0 unspecified atom stereocenters. The number of halogens is 3. The third kappa shape index (κ3) is 6.20. The molecule has 1 saturated carbocycles. The quantitative estimate of drug-likeness (QED) is 0.142. The normalized spacial score (nSPS) is 24.3. The maximum Gasteiger partial charge on any atom is 0.319 e. The van der Waals surface area contributed by atoms with E-state index < -0.39 is 31.4 Å². The SMILES string of the molecule is CC(C)[Si](C#Cc1c(F)ccc2cc(O)cc(-c3ncc4c(N5CCOC[C@H]6C[C@H]65)nc(OC[C@@]56CCCN5C[C@H](F)C6)nc4c3F)c12)(C(C)C)C(C)C. The highest BCUT2D eigenvalue weighted by molar-refractivity contribution is 6.90. The number of pyridine rings is 1. The van der Waals surface area contributed by atoms with E-state index in [9.17, 15) is 9.50 Å². The first kappa shape index (κ1) is 37.0. The molecule has 2 aromatic heterocycles. The van der Waals surface area contributed by atoms with Crippen LogP contribution in [0.3, 0.4) is 0 Å². The van der Waals surface area contributed by atoms with Gasteiger partial charge >= 0.3 is 6.01 Å². The van der Waals surface area contributed by atoms with Crippen LogP contribution in [0, 0.1) is 29.0 Å². The van der Waals surface area contributed by atoms with Gasteiger partial charge in [-0.2, -0.15) is 9.97 Å². The smallest absolute Gasteiger partial charge is 0.319 e. The monoisotopic (exact) mass is 757 g/mol. The lowest BCUT2D eigenvalue weighted by molar-refractivity contribution is 0.107. The van der Waals surface area contributed by atoms with Crippen molar-refractivity contribution in [3.63, 3.8) is 0 Å². The molecular weight excluding hydrogens is 708 g/mol. The minimum Gasteiger partial charge on any atom is -0.508 e. The summed E-state index contributed by atoms with van der Waals surface area (Å²) in [6, 6.07) is 6.08. The van der Waals surface area contributed by atoms with Gasteiger partial charge in [-0.25, -0.2) is 13.2 Å². The van der Waals surface area contributed by atoms with Crippen LogP contribution in [-0.2, 0) is 4.74 Å². The Morgan fingerprint density at radius 1 is 1.07 bits per heavy atom. The fourth-order valence-corrected chi connectivity index (χ4v) is 15.3. The molecule has 3 saturated heterocycles. The van der Waals surface area contributed by atoms with Crippen molar-refractivity contribution in [2.45, 2.75) is 102 Å². The van der Waals surface area contributed by atoms with Crippen LogP contribution in [0.5, 0.6) is 11.8 Å². The number of benzene rings is 2. The fourth-order valence-electron chi connectivity index (χ4n) is 10.1. The molecule has 4 aromatic rings. The first-order valence-electron chi connectivity index (χ1n) is 19.5. The maximum absolute atomic E-state index is 17.3. The van der Waals surface area contributed by atoms with E-state index in [-0.39, 0.29) is 46.7 Å². The van der Waals surface area contributed by atoms with Crippen molar-refractivity contribution in [3.05, 3.63) is 47.7 Å². The molecule has 0 radical (unpaired) electrons. The number of phenolic OH excluding ortho intramolecular Hbond substituents is 1. The number of aromatic hydroxyl groups is 1. The molecule has 4 fully saturated rings. The number of phenols is 1. The highest BCUT2D eigenvalue weighted by Gasteiger charge is 2.50. The Morgan fingerprint density at radius 3 is 2.61 bits per heavy atom. The standard InChI is InChI=1S/C42H50F3N5O3Si/c1-24(2)54(25(3)4,26(5)6)15-10-31-34(44)9-8-27-16-30(51)18-32(36(27)31)38-37(45)39-33(20-46-38)40(50-13-14-52-22-28-17-35(28)50)48-41(47-39)53-23-42-11-7-12-49(42)21-29(43)19-42/h8-9,16,18,20,24-26,28-29,35,51H,7,11-14,17,19,21-23H2,1-6H3/t28-,29-,35-,42+/m1/s1. The number of anilines is 1. The minimum absolute atomic E-state index is 0.00399. The Kier molecular flexibility index (Phi) is 9.59. The number of aromatic nitrogens is 3. The molecule has 5 heterocycles. The topological polar surface area (TPSA) is 83.8 Å². The number of ether oxygens (including phenoxy) is 2. The van der Waals surface area contributed by atoms with E-state index in [1.54, 1.807) is 12.3 Å². The van der Waals surface area contributed by atoms with Crippen molar-refractivity contribution in [2.24, 2.45) is 5.92 Å². The molecule has 8 rings (SSSR count). The summed E-state index contributed by atoms with van der Waals surface area (Å²) in [5.74, 6) is 2.77. The van der Waals surface area contributed by atoms with Gasteiger partial charge < -0.3 is 19.5 Å². The van der Waals surface area contributed by atoms with E-state index in [1.807, 2.05) is 0 Å². The van der Waals surface area contributed by atoms with Crippen molar-refractivity contribution in [1.29, 1.82) is 0 Å². The summed E-state index contributed by atoms with van der Waals surface area (Å²) in [5.41, 5.74) is 4.43. The number of alkyl halides is 1. The van der Waals surface area contributed by atoms with E-state index >= 15 is 8.78 Å². The molecule has 1 N–H and O–H groups in total. The van der Waals surface area contributed by atoms with Crippen molar-refractivity contribution in [2.75, 3.05) is 44.4 Å². The Balaban J connectivity index is 1.29. The van der Waals surface area contributed by atoms with E-state index in [0.29, 0.717) is 77.2 Å². The van der Waals surface area contributed by atoms with Crippen LogP contribution < -0.4 is 9.64 Å². The van der Waals surface area contributed by atoms with Gasteiger partial charge in [0.25, 0.3) is 0 Å². The molecule has 4 aliphatic rings. The third-order valence-electron chi connectivity index (χ3n) is 12.8.